The van der Waals surface area contributed by atoms with Crippen LogP contribution in [-0.4, -0.2) is 19.2 Å². The van der Waals surface area contributed by atoms with Gasteiger partial charge in [0.15, 0.2) is 0 Å². The van der Waals surface area contributed by atoms with E-state index >= 15 is 0 Å². The highest BCUT2D eigenvalue weighted by molar-refractivity contribution is 9.10. The molecule has 15 heavy (non-hydrogen) atoms. The molecule has 2 nitrogen and oxygen atoms in total. The van der Waals surface area contributed by atoms with Crippen molar-refractivity contribution in [1.82, 2.24) is 5.32 Å². The third kappa shape index (κ3) is 3.21. The van der Waals surface area contributed by atoms with E-state index in [1.807, 2.05) is 6.07 Å². The van der Waals surface area contributed by atoms with Gasteiger partial charge in [-0.25, -0.2) is 0 Å². The van der Waals surface area contributed by atoms with Gasteiger partial charge in [0.25, 0.3) is 0 Å². The van der Waals surface area contributed by atoms with Crippen LogP contribution in [0.3, 0.4) is 0 Å². The van der Waals surface area contributed by atoms with E-state index in [1.54, 1.807) is 0 Å². The Morgan fingerprint density at radius 1 is 1.27 bits per heavy atom. The van der Waals surface area contributed by atoms with Gasteiger partial charge in [-0.05, 0) is 56.6 Å². The van der Waals surface area contributed by atoms with Crippen LogP contribution in [-0.2, 0) is 0 Å². The molecule has 0 aromatic heterocycles. The van der Waals surface area contributed by atoms with Crippen molar-refractivity contribution in [3.63, 3.8) is 0 Å². The Morgan fingerprint density at radius 2 is 2.00 bits per heavy atom. The molecule has 1 aliphatic rings. The van der Waals surface area contributed by atoms with Gasteiger partial charge in [-0.2, -0.15) is 0 Å². The largest absolute Gasteiger partial charge is 0.490 e. The molecule has 1 aromatic rings. The number of hydrogen-bond donors (Lipinski definition) is 1. The minimum Gasteiger partial charge on any atom is -0.490 e. The first-order valence-electron chi connectivity index (χ1n) is 5.38. The second kappa shape index (κ2) is 4.99. The van der Waals surface area contributed by atoms with E-state index < -0.39 is 0 Å². The summed E-state index contributed by atoms with van der Waals surface area (Å²) in [5, 5.41) is 3.33. The molecule has 1 aliphatic heterocycles. The first-order valence-corrected chi connectivity index (χ1v) is 6.18. The van der Waals surface area contributed by atoms with Crippen molar-refractivity contribution in [2.45, 2.75) is 25.9 Å². The van der Waals surface area contributed by atoms with Crippen LogP contribution in [0.15, 0.2) is 22.7 Å². The van der Waals surface area contributed by atoms with Gasteiger partial charge in [0, 0.05) is 4.47 Å². The zero-order valence-corrected chi connectivity index (χ0v) is 10.5. The third-order valence-electron chi connectivity index (χ3n) is 2.60. The maximum atomic E-state index is 5.95. The monoisotopic (exact) mass is 269 g/mol. The minimum absolute atomic E-state index is 0.375. The van der Waals surface area contributed by atoms with Gasteiger partial charge in [-0.3, -0.25) is 0 Å². The van der Waals surface area contributed by atoms with Crippen molar-refractivity contribution in [1.29, 1.82) is 0 Å². The third-order valence-corrected chi connectivity index (χ3v) is 3.06. The van der Waals surface area contributed by atoms with Gasteiger partial charge in [0.2, 0.25) is 0 Å². The predicted octanol–water partition coefficient (Wildman–Crippen LogP) is 2.89. The molecule has 0 saturated carbocycles. The van der Waals surface area contributed by atoms with Crippen LogP contribution in [0.4, 0.5) is 0 Å². The SMILES string of the molecule is Cc1cc(Br)cc(OC2CCNCC2)c1. The number of nitrogens with one attached hydrogen (secondary N) is 1. The lowest BCUT2D eigenvalue weighted by atomic mass is 10.1. The van der Waals surface area contributed by atoms with Crippen molar-refractivity contribution >= 4 is 15.9 Å². The first-order chi connectivity index (χ1) is 7.24. The van der Waals surface area contributed by atoms with E-state index in [4.69, 9.17) is 4.74 Å². The first kappa shape index (κ1) is 11.0. The molecule has 1 N–H and O–H groups in total. The van der Waals surface area contributed by atoms with Crippen LogP contribution in [0, 0.1) is 6.92 Å². The molecule has 0 unspecified atom stereocenters. The van der Waals surface area contributed by atoms with Crippen molar-refractivity contribution in [3.05, 3.63) is 28.2 Å². The summed E-state index contributed by atoms with van der Waals surface area (Å²) in [5.41, 5.74) is 1.23. The lowest BCUT2D eigenvalue weighted by Crippen LogP contribution is -2.34. The van der Waals surface area contributed by atoms with Crippen molar-refractivity contribution in [2.24, 2.45) is 0 Å². The van der Waals surface area contributed by atoms with Crippen molar-refractivity contribution in [2.75, 3.05) is 13.1 Å². The fraction of sp³-hybridized carbons (Fsp3) is 0.500. The Bertz CT molecular complexity index is 314. The number of aryl methyl sites for hydroxylation is 1. The van der Waals surface area contributed by atoms with Crippen LogP contribution in [0.1, 0.15) is 18.4 Å². The molecule has 2 rings (SSSR count). The van der Waals surface area contributed by atoms with Crippen LogP contribution < -0.4 is 10.1 Å². The zero-order valence-electron chi connectivity index (χ0n) is 8.92. The summed E-state index contributed by atoms with van der Waals surface area (Å²) in [4.78, 5) is 0. The topological polar surface area (TPSA) is 21.3 Å². The Kier molecular flexibility index (Phi) is 3.65. The van der Waals surface area contributed by atoms with E-state index in [9.17, 15) is 0 Å². The quantitative estimate of drug-likeness (QED) is 0.892. The Morgan fingerprint density at radius 3 is 2.67 bits per heavy atom. The summed E-state index contributed by atoms with van der Waals surface area (Å²) in [5.74, 6) is 0.980. The number of halogens is 1. The number of benzene rings is 1. The summed E-state index contributed by atoms with van der Waals surface area (Å²) in [6.07, 6.45) is 2.58. The van der Waals surface area contributed by atoms with Gasteiger partial charge in [0.1, 0.15) is 11.9 Å². The molecule has 0 aliphatic carbocycles. The molecular weight excluding hydrogens is 254 g/mol. The summed E-state index contributed by atoms with van der Waals surface area (Å²) >= 11 is 3.49. The molecule has 3 heteroatoms. The average molecular weight is 270 g/mol. The molecule has 0 radical (unpaired) electrons. The summed E-state index contributed by atoms with van der Waals surface area (Å²) < 4.78 is 7.04. The highest BCUT2D eigenvalue weighted by Gasteiger charge is 2.14. The van der Waals surface area contributed by atoms with Crippen LogP contribution in [0.2, 0.25) is 0 Å². The van der Waals surface area contributed by atoms with Crippen molar-refractivity contribution in [3.8, 4) is 5.75 Å². The molecule has 0 bridgehead atoms. The Hall–Kier alpha value is -0.540. The fourth-order valence-corrected chi connectivity index (χ4v) is 2.46. The molecule has 1 heterocycles. The minimum atomic E-state index is 0.375. The highest BCUT2D eigenvalue weighted by atomic mass is 79.9. The summed E-state index contributed by atoms with van der Waals surface area (Å²) in [6.45, 7) is 4.22. The average Bonchev–Trinajstić information content (AvgIpc) is 2.17. The van der Waals surface area contributed by atoms with Crippen molar-refractivity contribution < 1.29 is 4.74 Å². The lowest BCUT2D eigenvalue weighted by molar-refractivity contribution is 0.162. The number of hydrogen-bond acceptors (Lipinski definition) is 2. The summed E-state index contributed by atoms with van der Waals surface area (Å²) in [6, 6.07) is 6.22. The number of ether oxygens (including phenoxy) is 1. The second-order valence-electron chi connectivity index (χ2n) is 4.03. The highest BCUT2D eigenvalue weighted by Crippen LogP contribution is 2.23. The number of piperidine rings is 1. The maximum Gasteiger partial charge on any atom is 0.121 e. The predicted molar refractivity (Wildman–Crippen MR) is 65.4 cm³/mol. The van der Waals surface area contributed by atoms with Gasteiger partial charge < -0.3 is 10.1 Å². The Labute approximate surface area is 99.1 Å². The van der Waals surface area contributed by atoms with Crippen LogP contribution in [0.25, 0.3) is 0 Å². The smallest absolute Gasteiger partial charge is 0.121 e. The second-order valence-corrected chi connectivity index (χ2v) is 4.95. The molecule has 0 spiro atoms. The summed E-state index contributed by atoms with van der Waals surface area (Å²) in [7, 11) is 0. The standard InChI is InChI=1S/C12H16BrNO/c1-9-6-10(13)8-12(7-9)15-11-2-4-14-5-3-11/h6-8,11,14H,2-5H2,1H3. The molecule has 1 fully saturated rings. The molecule has 0 amide bonds. The lowest BCUT2D eigenvalue weighted by Gasteiger charge is -2.24. The van der Waals surface area contributed by atoms with Crippen LogP contribution >= 0.6 is 15.9 Å². The van der Waals surface area contributed by atoms with Crippen LogP contribution in [0.5, 0.6) is 5.75 Å². The molecule has 1 aromatic carbocycles. The Balaban J connectivity index is 2.02. The molecule has 0 atom stereocenters. The van der Waals surface area contributed by atoms with E-state index in [0.717, 1.165) is 36.2 Å². The maximum absolute atomic E-state index is 5.95. The normalized spacial score (nSPS) is 17.7. The van der Waals surface area contributed by atoms with Gasteiger partial charge in [-0.15, -0.1) is 0 Å². The van der Waals surface area contributed by atoms with E-state index in [0.29, 0.717) is 6.10 Å². The van der Waals surface area contributed by atoms with E-state index in [-0.39, 0.29) is 0 Å². The zero-order chi connectivity index (χ0) is 10.7. The molecular formula is C12H16BrNO. The van der Waals surface area contributed by atoms with E-state index in [2.05, 4.69) is 40.3 Å². The van der Waals surface area contributed by atoms with Gasteiger partial charge >= 0.3 is 0 Å². The van der Waals surface area contributed by atoms with Gasteiger partial charge in [0.05, 0.1) is 0 Å². The molecule has 82 valence electrons. The number of rotatable bonds is 2. The molecule has 1 saturated heterocycles. The fourth-order valence-electron chi connectivity index (χ4n) is 1.88. The van der Waals surface area contributed by atoms with Gasteiger partial charge in [-0.1, -0.05) is 15.9 Å². The van der Waals surface area contributed by atoms with E-state index in [1.165, 1.54) is 5.56 Å².